The molecule has 0 saturated carbocycles. The fourth-order valence-electron chi connectivity index (χ4n) is 2.76. The van der Waals surface area contributed by atoms with Crippen LogP contribution in [-0.4, -0.2) is 48.7 Å². The highest BCUT2D eigenvalue weighted by molar-refractivity contribution is 5.75. The number of hydrogen-bond donors (Lipinski definition) is 1. The second-order valence-electron chi connectivity index (χ2n) is 5.04. The maximum Gasteiger partial charge on any atom is 0.320 e. The van der Waals surface area contributed by atoms with Crippen molar-refractivity contribution in [2.24, 2.45) is 0 Å². The van der Waals surface area contributed by atoms with E-state index in [4.69, 9.17) is 10.5 Å². The third-order valence-electron chi connectivity index (χ3n) is 3.85. The van der Waals surface area contributed by atoms with Crippen LogP contribution in [0.2, 0.25) is 0 Å². The summed E-state index contributed by atoms with van der Waals surface area (Å²) in [6.07, 6.45) is 0.845. The van der Waals surface area contributed by atoms with Crippen molar-refractivity contribution < 1.29 is 9.53 Å². The van der Waals surface area contributed by atoms with E-state index in [1.165, 1.54) is 11.1 Å². The number of hydrogen-bond acceptors (Lipinski definition) is 3. The summed E-state index contributed by atoms with van der Waals surface area (Å²) >= 11 is 0. The molecule has 0 unspecified atom stereocenters. The molecule has 19 heavy (non-hydrogen) atoms. The summed E-state index contributed by atoms with van der Waals surface area (Å²) in [5.41, 5.74) is 9.20. The highest BCUT2D eigenvalue weighted by Crippen LogP contribution is 2.24. The number of nitrogens with zero attached hydrogens (tertiary/aromatic N) is 2. The molecule has 0 aromatic heterocycles. The smallest absolute Gasteiger partial charge is 0.320 e. The van der Waals surface area contributed by atoms with Gasteiger partial charge < -0.3 is 20.3 Å². The standard InChI is InChI=1S/C14H19N3O2/c15-13-3-1-2-11-10-17(5-4-12(11)13)14(18)16-6-8-19-9-7-16/h1-3H,4-10,15H2. The van der Waals surface area contributed by atoms with Gasteiger partial charge in [-0.25, -0.2) is 4.79 Å². The van der Waals surface area contributed by atoms with Gasteiger partial charge in [-0.15, -0.1) is 0 Å². The topological polar surface area (TPSA) is 58.8 Å². The van der Waals surface area contributed by atoms with Crippen molar-refractivity contribution in [1.82, 2.24) is 9.80 Å². The molecular formula is C14H19N3O2. The number of morpholine rings is 1. The number of nitrogen functional groups attached to an aromatic ring is 1. The van der Waals surface area contributed by atoms with Gasteiger partial charge in [0, 0.05) is 31.9 Å². The second kappa shape index (κ2) is 5.09. The van der Waals surface area contributed by atoms with Gasteiger partial charge in [-0.1, -0.05) is 12.1 Å². The van der Waals surface area contributed by atoms with Crippen LogP contribution in [0.4, 0.5) is 10.5 Å². The summed E-state index contributed by atoms with van der Waals surface area (Å²) in [5.74, 6) is 0. The van der Waals surface area contributed by atoms with Crippen LogP contribution in [0.5, 0.6) is 0 Å². The average Bonchev–Trinajstić information content (AvgIpc) is 2.47. The number of carbonyl (C=O) groups is 1. The maximum atomic E-state index is 12.4. The number of urea groups is 1. The molecule has 0 aliphatic carbocycles. The van der Waals surface area contributed by atoms with E-state index in [0.29, 0.717) is 32.8 Å². The third-order valence-corrected chi connectivity index (χ3v) is 3.85. The lowest BCUT2D eigenvalue weighted by Gasteiger charge is -2.35. The Morgan fingerprint density at radius 3 is 2.74 bits per heavy atom. The van der Waals surface area contributed by atoms with Gasteiger partial charge >= 0.3 is 6.03 Å². The van der Waals surface area contributed by atoms with Gasteiger partial charge in [0.2, 0.25) is 0 Å². The van der Waals surface area contributed by atoms with Crippen LogP contribution in [0.1, 0.15) is 11.1 Å². The minimum Gasteiger partial charge on any atom is -0.398 e. The molecule has 1 saturated heterocycles. The molecule has 2 aliphatic heterocycles. The molecule has 2 heterocycles. The van der Waals surface area contributed by atoms with E-state index in [-0.39, 0.29) is 6.03 Å². The lowest BCUT2D eigenvalue weighted by molar-refractivity contribution is 0.0421. The third kappa shape index (κ3) is 2.38. The minimum atomic E-state index is 0.122. The van der Waals surface area contributed by atoms with E-state index in [1.54, 1.807) is 0 Å². The Balaban J connectivity index is 1.73. The van der Waals surface area contributed by atoms with Gasteiger partial charge in [0.05, 0.1) is 13.2 Å². The average molecular weight is 261 g/mol. The summed E-state index contributed by atoms with van der Waals surface area (Å²) in [4.78, 5) is 16.2. The Kier molecular flexibility index (Phi) is 3.29. The van der Waals surface area contributed by atoms with E-state index >= 15 is 0 Å². The molecule has 5 heteroatoms. The maximum absolute atomic E-state index is 12.4. The Morgan fingerprint density at radius 2 is 1.95 bits per heavy atom. The summed E-state index contributed by atoms with van der Waals surface area (Å²) in [6.45, 7) is 4.08. The molecule has 1 aromatic carbocycles. The summed E-state index contributed by atoms with van der Waals surface area (Å²) < 4.78 is 5.28. The van der Waals surface area contributed by atoms with Gasteiger partial charge in [-0.05, 0) is 23.6 Å². The van der Waals surface area contributed by atoms with Gasteiger partial charge in [0.15, 0.2) is 0 Å². The molecule has 5 nitrogen and oxygen atoms in total. The first-order chi connectivity index (χ1) is 9.25. The van der Waals surface area contributed by atoms with Crippen molar-refractivity contribution in [3.05, 3.63) is 29.3 Å². The van der Waals surface area contributed by atoms with Crippen molar-refractivity contribution in [1.29, 1.82) is 0 Å². The predicted molar refractivity (Wildman–Crippen MR) is 72.8 cm³/mol. The molecule has 2 aliphatic rings. The largest absolute Gasteiger partial charge is 0.398 e. The normalized spacial score (nSPS) is 19.2. The molecule has 0 atom stereocenters. The van der Waals surface area contributed by atoms with Crippen LogP contribution in [0.3, 0.4) is 0 Å². The quantitative estimate of drug-likeness (QED) is 0.711. The Bertz CT molecular complexity index is 484. The van der Waals surface area contributed by atoms with E-state index < -0.39 is 0 Å². The first-order valence-electron chi connectivity index (χ1n) is 6.73. The molecule has 102 valence electrons. The highest BCUT2D eigenvalue weighted by atomic mass is 16.5. The van der Waals surface area contributed by atoms with Crippen molar-refractivity contribution in [3.63, 3.8) is 0 Å². The molecule has 3 rings (SSSR count). The van der Waals surface area contributed by atoms with Crippen molar-refractivity contribution in [3.8, 4) is 0 Å². The summed E-state index contributed by atoms with van der Waals surface area (Å²) in [7, 11) is 0. The van der Waals surface area contributed by atoms with Crippen LogP contribution in [0.15, 0.2) is 18.2 Å². The van der Waals surface area contributed by atoms with Crippen LogP contribution >= 0.6 is 0 Å². The monoisotopic (exact) mass is 261 g/mol. The lowest BCUT2D eigenvalue weighted by Crippen LogP contribution is -2.49. The number of fused-ring (bicyclic) bond motifs is 1. The summed E-state index contributed by atoms with van der Waals surface area (Å²) in [6, 6.07) is 6.07. The Labute approximate surface area is 112 Å². The van der Waals surface area contributed by atoms with Crippen LogP contribution in [0, 0.1) is 0 Å². The highest BCUT2D eigenvalue weighted by Gasteiger charge is 2.26. The van der Waals surface area contributed by atoms with E-state index in [0.717, 1.165) is 18.7 Å². The minimum absolute atomic E-state index is 0.122. The second-order valence-corrected chi connectivity index (χ2v) is 5.04. The van der Waals surface area contributed by atoms with Gasteiger partial charge in [-0.3, -0.25) is 0 Å². The zero-order chi connectivity index (χ0) is 13.2. The van der Waals surface area contributed by atoms with Crippen LogP contribution < -0.4 is 5.73 Å². The van der Waals surface area contributed by atoms with Crippen molar-refractivity contribution in [2.75, 3.05) is 38.6 Å². The number of ether oxygens (including phenoxy) is 1. The molecule has 0 radical (unpaired) electrons. The first-order valence-corrected chi connectivity index (χ1v) is 6.73. The summed E-state index contributed by atoms with van der Waals surface area (Å²) in [5, 5.41) is 0. The van der Waals surface area contributed by atoms with Gasteiger partial charge in [-0.2, -0.15) is 0 Å². The number of anilines is 1. The molecule has 1 fully saturated rings. The number of rotatable bonds is 0. The molecular weight excluding hydrogens is 242 g/mol. The fraction of sp³-hybridized carbons (Fsp3) is 0.500. The molecule has 0 bridgehead atoms. The van der Waals surface area contributed by atoms with Gasteiger partial charge in [0.25, 0.3) is 0 Å². The predicted octanol–water partition coefficient (Wildman–Crippen LogP) is 1.08. The Hall–Kier alpha value is -1.75. The number of amides is 2. The van der Waals surface area contributed by atoms with E-state index in [2.05, 4.69) is 6.07 Å². The lowest BCUT2D eigenvalue weighted by atomic mass is 9.98. The molecule has 0 spiro atoms. The first kappa shape index (κ1) is 12.3. The van der Waals surface area contributed by atoms with E-state index in [1.807, 2.05) is 21.9 Å². The zero-order valence-electron chi connectivity index (χ0n) is 11.0. The number of carbonyl (C=O) groups excluding carboxylic acids is 1. The van der Waals surface area contributed by atoms with E-state index in [9.17, 15) is 4.79 Å². The zero-order valence-corrected chi connectivity index (χ0v) is 11.0. The van der Waals surface area contributed by atoms with Crippen LogP contribution in [0.25, 0.3) is 0 Å². The number of nitrogens with two attached hydrogens (primary N) is 1. The Morgan fingerprint density at radius 1 is 1.16 bits per heavy atom. The molecule has 2 amide bonds. The van der Waals surface area contributed by atoms with Gasteiger partial charge in [0.1, 0.15) is 0 Å². The molecule has 1 aromatic rings. The fourth-order valence-corrected chi connectivity index (χ4v) is 2.76. The van der Waals surface area contributed by atoms with Crippen molar-refractivity contribution in [2.45, 2.75) is 13.0 Å². The van der Waals surface area contributed by atoms with Crippen LogP contribution in [-0.2, 0) is 17.7 Å². The molecule has 2 N–H and O–H groups in total. The SMILES string of the molecule is Nc1cccc2c1CCN(C(=O)N1CCOCC1)C2. The van der Waals surface area contributed by atoms with Crippen molar-refractivity contribution >= 4 is 11.7 Å². The number of benzene rings is 1.